The van der Waals surface area contributed by atoms with Gasteiger partial charge in [-0.3, -0.25) is 4.79 Å². The van der Waals surface area contributed by atoms with Crippen LogP contribution in [0.2, 0.25) is 0 Å². The topological polar surface area (TPSA) is 69.7 Å². The van der Waals surface area contributed by atoms with Gasteiger partial charge in [0.05, 0.1) is 30.7 Å². The zero-order valence-electron chi connectivity index (χ0n) is 22.1. The van der Waals surface area contributed by atoms with Crippen LogP contribution in [-0.2, 0) is 37.3 Å². The molecule has 0 saturated heterocycles. The highest BCUT2D eigenvalue weighted by Gasteiger charge is 2.24. The number of sulfone groups is 1. The molecular formula is C30H40O5S. The van der Waals surface area contributed by atoms with E-state index in [1.807, 2.05) is 93.6 Å². The molecule has 0 saturated carbocycles. The molecule has 0 unspecified atom stereocenters. The van der Waals surface area contributed by atoms with Gasteiger partial charge in [0.25, 0.3) is 0 Å². The molecule has 0 N–H and O–H groups in total. The van der Waals surface area contributed by atoms with Crippen molar-refractivity contribution in [2.75, 3.05) is 6.26 Å². The number of allylic oxidation sites excluding steroid dienone is 1. The van der Waals surface area contributed by atoms with Gasteiger partial charge < -0.3 is 9.47 Å². The van der Waals surface area contributed by atoms with Gasteiger partial charge in [0.1, 0.15) is 5.78 Å². The molecule has 0 radical (unpaired) electrons. The van der Waals surface area contributed by atoms with Crippen LogP contribution in [0.5, 0.6) is 0 Å². The molecule has 5 nitrogen and oxygen atoms in total. The number of rotatable bonds is 15. The second-order valence-electron chi connectivity index (χ2n) is 9.40. The Bertz CT molecular complexity index is 1090. The number of ketones is 1. The molecule has 0 aliphatic carbocycles. The summed E-state index contributed by atoms with van der Waals surface area (Å²) in [5.74, 6) is 0.0791. The molecule has 36 heavy (non-hydrogen) atoms. The Morgan fingerprint density at radius 2 is 1.42 bits per heavy atom. The second kappa shape index (κ2) is 14.9. The maximum atomic E-state index is 13.3. The van der Waals surface area contributed by atoms with E-state index in [-0.39, 0.29) is 30.6 Å². The van der Waals surface area contributed by atoms with Crippen molar-refractivity contribution in [3.63, 3.8) is 0 Å². The fraction of sp³-hybridized carbons (Fsp3) is 0.433. The van der Waals surface area contributed by atoms with E-state index < -0.39 is 21.2 Å². The molecule has 0 spiro atoms. The molecule has 0 aromatic heterocycles. The van der Waals surface area contributed by atoms with Gasteiger partial charge in [0.2, 0.25) is 0 Å². The van der Waals surface area contributed by atoms with Gasteiger partial charge in [-0.2, -0.15) is 0 Å². The molecule has 0 aliphatic heterocycles. The van der Waals surface area contributed by atoms with Crippen molar-refractivity contribution < 1.29 is 22.7 Å². The standard InChI is InChI=1S/C30H40O5S/c1-6-13-23(2)29(34-21-26-14-9-7-10-15-26)19-28(31)20-30(24(3)18-25(4)36(5,32)33)35-22-27-16-11-8-12-17-27/h6-18,23,25,29-30H,19-22H2,1-5H3/b13-6+,24-18-/t23-,25-,29+,30+/m0/s1. The molecule has 2 aromatic carbocycles. The zero-order valence-corrected chi connectivity index (χ0v) is 22.9. The fourth-order valence-electron chi connectivity index (χ4n) is 3.84. The number of Topliss-reactive ketones (excluding diaryl/α,β-unsaturated/α-hetero) is 1. The lowest BCUT2D eigenvalue weighted by Gasteiger charge is -2.24. The van der Waals surface area contributed by atoms with Gasteiger partial charge in [-0.25, -0.2) is 8.42 Å². The number of carbonyl (C=O) groups is 1. The Morgan fingerprint density at radius 1 is 0.889 bits per heavy atom. The molecule has 2 rings (SSSR count). The van der Waals surface area contributed by atoms with Crippen molar-refractivity contribution in [3.8, 4) is 0 Å². The predicted octanol–water partition coefficient (Wildman–Crippen LogP) is 6.10. The van der Waals surface area contributed by atoms with Crippen LogP contribution >= 0.6 is 0 Å². The Balaban J connectivity index is 2.15. The van der Waals surface area contributed by atoms with Crippen LogP contribution in [0, 0.1) is 5.92 Å². The van der Waals surface area contributed by atoms with E-state index in [0.717, 1.165) is 16.7 Å². The average Bonchev–Trinajstić information content (AvgIpc) is 2.85. The summed E-state index contributed by atoms with van der Waals surface area (Å²) < 4.78 is 36.3. The van der Waals surface area contributed by atoms with E-state index in [0.29, 0.717) is 13.2 Å². The quantitative estimate of drug-likeness (QED) is 0.270. The highest BCUT2D eigenvalue weighted by atomic mass is 32.2. The summed E-state index contributed by atoms with van der Waals surface area (Å²) in [6.45, 7) is 8.24. The summed E-state index contributed by atoms with van der Waals surface area (Å²) in [4.78, 5) is 13.3. The van der Waals surface area contributed by atoms with E-state index in [9.17, 15) is 13.2 Å². The van der Waals surface area contributed by atoms with Gasteiger partial charge in [-0.15, -0.1) is 0 Å². The summed E-state index contributed by atoms with van der Waals surface area (Å²) in [6.07, 6.45) is 6.52. The summed E-state index contributed by atoms with van der Waals surface area (Å²) in [5, 5.41) is -0.660. The third kappa shape index (κ3) is 10.6. The number of carbonyl (C=O) groups excluding carboxylic acids is 1. The largest absolute Gasteiger partial charge is 0.372 e. The summed E-state index contributed by atoms with van der Waals surface area (Å²) in [6, 6.07) is 19.6. The maximum absolute atomic E-state index is 13.3. The van der Waals surface area contributed by atoms with E-state index in [1.165, 1.54) is 6.26 Å². The van der Waals surface area contributed by atoms with Crippen LogP contribution < -0.4 is 0 Å². The molecular weight excluding hydrogens is 472 g/mol. The molecule has 4 atom stereocenters. The first kappa shape index (κ1) is 29.7. The monoisotopic (exact) mass is 512 g/mol. The lowest BCUT2D eigenvalue weighted by molar-refractivity contribution is -0.125. The van der Waals surface area contributed by atoms with E-state index in [1.54, 1.807) is 13.0 Å². The number of hydrogen-bond donors (Lipinski definition) is 0. The lowest BCUT2D eigenvalue weighted by atomic mass is 9.95. The predicted molar refractivity (Wildman–Crippen MR) is 146 cm³/mol. The van der Waals surface area contributed by atoms with Gasteiger partial charge in [-0.05, 0) is 37.5 Å². The molecule has 0 bridgehead atoms. The third-order valence-electron chi connectivity index (χ3n) is 6.21. The summed E-state index contributed by atoms with van der Waals surface area (Å²) >= 11 is 0. The van der Waals surface area contributed by atoms with Crippen LogP contribution in [0.25, 0.3) is 0 Å². The first-order chi connectivity index (χ1) is 17.1. The minimum absolute atomic E-state index is 0.0160. The van der Waals surface area contributed by atoms with Crippen molar-refractivity contribution in [2.24, 2.45) is 5.92 Å². The smallest absolute Gasteiger partial charge is 0.153 e. The highest BCUT2D eigenvalue weighted by molar-refractivity contribution is 7.91. The van der Waals surface area contributed by atoms with E-state index >= 15 is 0 Å². The van der Waals surface area contributed by atoms with Gasteiger partial charge in [0.15, 0.2) is 9.84 Å². The van der Waals surface area contributed by atoms with Crippen molar-refractivity contribution in [1.82, 2.24) is 0 Å². The summed E-state index contributed by atoms with van der Waals surface area (Å²) in [7, 11) is -3.24. The van der Waals surface area contributed by atoms with Crippen LogP contribution in [0.3, 0.4) is 0 Å². The number of benzene rings is 2. The average molecular weight is 513 g/mol. The van der Waals surface area contributed by atoms with Gasteiger partial charge in [-0.1, -0.05) is 85.8 Å². The number of hydrogen-bond acceptors (Lipinski definition) is 5. The molecule has 0 aliphatic rings. The lowest BCUT2D eigenvalue weighted by Crippen LogP contribution is -2.27. The van der Waals surface area contributed by atoms with E-state index in [2.05, 4.69) is 0 Å². The minimum atomic E-state index is -3.24. The van der Waals surface area contributed by atoms with E-state index in [4.69, 9.17) is 9.47 Å². The fourth-order valence-corrected chi connectivity index (χ4v) is 4.30. The molecule has 0 fully saturated rings. The molecule has 0 amide bonds. The van der Waals surface area contributed by atoms with Crippen molar-refractivity contribution >= 4 is 15.6 Å². The Morgan fingerprint density at radius 3 is 1.92 bits per heavy atom. The SMILES string of the molecule is C/C=C/[C@H](C)[C@@H](CC(=O)C[C@@H](OCc1ccccc1)/C(C)=C\[C@H](C)S(C)(=O)=O)OCc1ccccc1. The Hall–Kier alpha value is -2.54. The first-order valence-electron chi connectivity index (χ1n) is 12.4. The minimum Gasteiger partial charge on any atom is -0.372 e. The molecule has 0 heterocycles. The number of ether oxygens (including phenoxy) is 2. The van der Waals surface area contributed by atoms with Gasteiger partial charge in [0, 0.05) is 25.0 Å². The van der Waals surface area contributed by atoms with Crippen molar-refractivity contribution in [2.45, 2.75) is 71.2 Å². The normalized spacial score (nSPS) is 16.0. The highest BCUT2D eigenvalue weighted by Crippen LogP contribution is 2.21. The maximum Gasteiger partial charge on any atom is 0.153 e. The van der Waals surface area contributed by atoms with Crippen LogP contribution in [0.15, 0.2) is 84.5 Å². The summed E-state index contributed by atoms with van der Waals surface area (Å²) in [5.41, 5.74) is 2.78. The molecule has 2 aromatic rings. The Labute approximate surface area is 217 Å². The van der Waals surface area contributed by atoms with Crippen LogP contribution in [0.4, 0.5) is 0 Å². The molecule has 6 heteroatoms. The van der Waals surface area contributed by atoms with Crippen molar-refractivity contribution in [3.05, 3.63) is 95.6 Å². The van der Waals surface area contributed by atoms with Crippen LogP contribution in [-0.4, -0.2) is 37.9 Å². The second-order valence-corrected chi connectivity index (χ2v) is 11.8. The zero-order chi connectivity index (χ0) is 26.6. The Kier molecular flexibility index (Phi) is 12.3. The molecule has 196 valence electrons. The van der Waals surface area contributed by atoms with Gasteiger partial charge >= 0.3 is 0 Å². The third-order valence-corrected chi connectivity index (χ3v) is 7.69. The van der Waals surface area contributed by atoms with Crippen molar-refractivity contribution in [1.29, 1.82) is 0 Å². The first-order valence-corrected chi connectivity index (χ1v) is 14.4. The van der Waals surface area contributed by atoms with Crippen LogP contribution in [0.1, 0.15) is 51.7 Å².